The fourth-order valence-electron chi connectivity index (χ4n) is 1.86. The third-order valence-electron chi connectivity index (χ3n) is 3.01. The van der Waals surface area contributed by atoms with E-state index < -0.39 is 10.0 Å². The highest BCUT2D eigenvalue weighted by Crippen LogP contribution is 2.19. The summed E-state index contributed by atoms with van der Waals surface area (Å²) in [5, 5.41) is 3.04. The lowest BCUT2D eigenvalue weighted by Gasteiger charge is -2.18. The van der Waals surface area contributed by atoms with Crippen LogP contribution in [0.15, 0.2) is 29.2 Å². The third-order valence-corrected chi connectivity index (χ3v) is 5.07. The van der Waals surface area contributed by atoms with E-state index in [1.54, 1.807) is 24.3 Å². The first kappa shape index (κ1) is 16.9. The lowest BCUT2D eigenvalue weighted by atomic mass is 10.3. The number of sulfonamides is 1. The molecular formula is C14H24N2O3S. The van der Waals surface area contributed by atoms with Gasteiger partial charge in [0.15, 0.2) is 0 Å². The van der Waals surface area contributed by atoms with Gasteiger partial charge in [-0.3, -0.25) is 0 Å². The Bertz CT molecular complexity index is 482. The van der Waals surface area contributed by atoms with Crippen LogP contribution in [0.5, 0.6) is 5.75 Å². The molecule has 1 rings (SSSR count). The van der Waals surface area contributed by atoms with E-state index in [1.807, 2.05) is 20.9 Å². The van der Waals surface area contributed by atoms with Gasteiger partial charge >= 0.3 is 0 Å². The van der Waals surface area contributed by atoms with Crippen LogP contribution in [0.4, 0.5) is 0 Å². The first-order valence-corrected chi connectivity index (χ1v) is 8.37. The van der Waals surface area contributed by atoms with Gasteiger partial charge in [-0.15, -0.1) is 0 Å². The van der Waals surface area contributed by atoms with Crippen LogP contribution in [0.25, 0.3) is 0 Å². The van der Waals surface area contributed by atoms with E-state index in [9.17, 15) is 8.42 Å². The fourth-order valence-corrected chi connectivity index (χ4v) is 3.32. The molecule has 0 amide bonds. The quantitative estimate of drug-likeness (QED) is 0.705. The molecule has 0 atom stereocenters. The molecule has 0 spiro atoms. The summed E-state index contributed by atoms with van der Waals surface area (Å²) in [5.74, 6) is 0.694. The second-order valence-electron chi connectivity index (χ2n) is 4.37. The molecule has 0 unspecified atom stereocenters. The smallest absolute Gasteiger partial charge is 0.243 e. The SMILES string of the molecule is CCN(CC)S(=O)(=O)c1ccc(OCCCNC)cc1. The molecule has 0 saturated heterocycles. The van der Waals surface area contributed by atoms with E-state index in [-0.39, 0.29) is 0 Å². The number of ether oxygens (including phenoxy) is 1. The zero-order chi connectivity index (χ0) is 15.0. The van der Waals surface area contributed by atoms with E-state index in [2.05, 4.69) is 5.32 Å². The van der Waals surface area contributed by atoms with Crippen molar-refractivity contribution in [2.45, 2.75) is 25.2 Å². The zero-order valence-corrected chi connectivity index (χ0v) is 13.2. The second-order valence-corrected chi connectivity index (χ2v) is 6.30. The molecule has 0 saturated carbocycles. The lowest BCUT2D eigenvalue weighted by molar-refractivity contribution is 0.309. The van der Waals surface area contributed by atoms with E-state index >= 15 is 0 Å². The van der Waals surface area contributed by atoms with E-state index in [4.69, 9.17) is 4.74 Å². The summed E-state index contributed by atoms with van der Waals surface area (Å²) >= 11 is 0. The summed E-state index contributed by atoms with van der Waals surface area (Å²) in [6.07, 6.45) is 0.913. The van der Waals surface area contributed by atoms with Crippen molar-refractivity contribution >= 4 is 10.0 Å². The molecule has 5 nitrogen and oxygen atoms in total. The van der Waals surface area contributed by atoms with Gasteiger partial charge < -0.3 is 10.1 Å². The minimum Gasteiger partial charge on any atom is -0.494 e. The monoisotopic (exact) mass is 300 g/mol. The Kier molecular flexibility index (Phi) is 6.98. The standard InChI is InChI=1S/C14H24N2O3S/c1-4-16(5-2)20(17,18)14-9-7-13(8-10-14)19-12-6-11-15-3/h7-10,15H,4-6,11-12H2,1-3H3. The average Bonchev–Trinajstić information content (AvgIpc) is 2.45. The summed E-state index contributed by atoms with van der Waals surface area (Å²) in [6.45, 7) is 6.13. The van der Waals surface area contributed by atoms with Crippen LogP contribution >= 0.6 is 0 Å². The van der Waals surface area contributed by atoms with Gasteiger partial charge in [-0.1, -0.05) is 13.8 Å². The first-order valence-electron chi connectivity index (χ1n) is 6.93. The lowest BCUT2D eigenvalue weighted by Crippen LogP contribution is -2.30. The Balaban J connectivity index is 2.71. The van der Waals surface area contributed by atoms with Crippen molar-refractivity contribution in [1.82, 2.24) is 9.62 Å². The van der Waals surface area contributed by atoms with Crippen LogP contribution in [-0.2, 0) is 10.0 Å². The highest BCUT2D eigenvalue weighted by molar-refractivity contribution is 7.89. The molecule has 1 aromatic carbocycles. The molecule has 0 radical (unpaired) electrons. The largest absolute Gasteiger partial charge is 0.494 e. The summed E-state index contributed by atoms with van der Waals surface area (Å²) in [7, 11) is -1.48. The Morgan fingerprint density at radius 3 is 2.25 bits per heavy atom. The minimum atomic E-state index is -3.38. The molecule has 20 heavy (non-hydrogen) atoms. The maximum absolute atomic E-state index is 12.3. The maximum Gasteiger partial charge on any atom is 0.243 e. The average molecular weight is 300 g/mol. The topological polar surface area (TPSA) is 58.6 Å². The molecule has 0 heterocycles. The Labute approximate surface area is 122 Å². The van der Waals surface area contributed by atoms with Crippen LogP contribution in [-0.4, -0.2) is 46.0 Å². The molecule has 6 heteroatoms. The van der Waals surface area contributed by atoms with Gasteiger partial charge in [0.05, 0.1) is 11.5 Å². The first-order chi connectivity index (χ1) is 9.56. The van der Waals surface area contributed by atoms with Crippen molar-refractivity contribution in [1.29, 1.82) is 0 Å². The van der Waals surface area contributed by atoms with Crippen LogP contribution in [0.2, 0.25) is 0 Å². The zero-order valence-electron chi connectivity index (χ0n) is 12.4. The van der Waals surface area contributed by atoms with Gasteiger partial charge in [0.25, 0.3) is 0 Å². The minimum absolute atomic E-state index is 0.309. The predicted octanol–water partition coefficient (Wildman–Crippen LogP) is 1.71. The summed E-state index contributed by atoms with van der Waals surface area (Å²) in [4.78, 5) is 0.309. The number of hydrogen-bond donors (Lipinski definition) is 1. The molecular weight excluding hydrogens is 276 g/mol. The number of nitrogens with zero attached hydrogens (tertiary/aromatic N) is 1. The molecule has 0 aliphatic heterocycles. The second kappa shape index (κ2) is 8.24. The van der Waals surface area contributed by atoms with Gasteiger partial charge in [0, 0.05) is 13.1 Å². The Morgan fingerprint density at radius 1 is 1.15 bits per heavy atom. The van der Waals surface area contributed by atoms with Crippen LogP contribution in [0, 0.1) is 0 Å². The van der Waals surface area contributed by atoms with Crippen molar-refractivity contribution in [2.75, 3.05) is 33.3 Å². The van der Waals surface area contributed by atoms with Gasteiger partial charge in [0.1, 0.15) is 5.75 Å². The van der Waals surface area contributed by atoms with Gasteiger partial charge in [-0.2, -0.15) is 4.31 Å². The molecule has 0 aromatic heterocycles. The highest BCUT2D eigenvalue weighted by atomic mass is 32.2. The fraction of sp³-hybridized carbons (Fsp3) is 0.571. The molecule has 0 aliphatic rings. The molecule has 0 fully saturated rings. The van der Waals surface area contributed by atoms with Crippen LogP contribution in [0.1, 0.15) is 20.3 Å². The van der Waals surface area contributed by atoms with Gasteiger partial charge in [-0.05, 0) is 44.3 Å². The van der Waals surface area contributed by atoms with Crippen molar-refractivity contribution in [2.24, 2.45) is 0 Å². The van der Waals surface area contributed by atoms with Crippen molar-refractivity contribution in [3.05, 3.63) is 24.3 Å². The third kappa shape index (κ3) is 4.47. The number of nitrogens with one attached hydrogen (secondary N) is 1. The van der Waals surface area contributed by atoms with E-state index in [0.717, 1.165) is 13.0 Å². The van der Waals surface area contributed by atoms with Crippen molar-refractivity contribution in [3.8, 4) is 5.75 Å². The molecule has 114 valence electrons. The van der Waals surface area contributed by atoms with Crippen molar-refractivity contribution < 1.29 is 13.2 Å². The van der Waals surface area contributed by atoms with Crippen LogP contribution < -0.4 is 10.1 Å². The maximum atomic E-state index is 12.3. The molecule has 0 aliphatic carbocycles. The number of hydrogen-bond acceptors (Lipinski definition) is 4. The Hall–Kier alpha value is -1.11. The molecule has 1 aromatic rings. The number of benzene rings is 1. The van der Waals surface area contributed by atoms with Gasteiger partial charge in [-0.25, -0.2) is 8.42 Å². The van der Waals surface area contributed by atoms with Crippen molar-refractivity contribution in [3.63, 3.8) is 0 Å². The van der Waals surface area contributed by atoms with Gasteiger partial charge in [0.2, 0.25) is 10.0 Å². The summed E-state index contributed by atoms with van der Waals surface area (Å²) in [6, 6.07) is 6.60. The summed E-state index contributed by atoms with van der Waals surface area (Å²) < 4.78 is 31.5. The highest BCUT2D eigenvalue weighted by Gasteiger charge is 2.21. The molecule has 0 bridgehead atoms. The predicted molar refractivity (Wildman–Crippen MR) is 80.6 cm³/mol. The molecule has 1 N–H and O–H groups in total. The van der Waals surface area contributed by atoms with Crippen LogP contribution in [0.3, 0.4) is 0 Å². The van der Waals surface area contributed by atoms with E-state index in [0.29, 0.717) is 30.3 Å². The van der Waals surface area contributed by atoms with E-state index in [1.165, 1.54) is 4.31 Å². The Morgan fingerprint density at radius 2 is 1.75 bits per heavy atom. The normalized spacial score (nSPS) is 11.8. The number of rotatable bonds is 9. The summed E-state index contributed by atoms with van der Waals surface area (Å²) in [5.41, 5.74) is 0.